The van der Waals surface area contributed by atoms with Crippen molar-refractivity contribution in [2.24, 2.45) is 0 Å². The average molecular weight is 277 g/mol. The molecule has 0 aromatic carbocycles. The van der Waals surface area contributed by atoms with Crippen molar-refractivity contribution in [2.45, 2.75) is 39.7 Å². The van der Waals surface area contributed by atoms with Crippen LogP contribution in [0.15, 0.2) is 12.1 Å². The van der Waals surface area contributed by atoms with Crippen LogP contribution >= 0.6 is 11.3 Å². The molecule has 2 heterocycles. The van der Waals surface area contributed by atoms with Crippen LogP contribution in [-0.4, -0.2) is 16.4 Å². The van der Waals surface area contributed by atoms with E-state index in [1.807, 2.05) is 39.8 Å². The number of pyridine rings is 1. The van der Waals surface area contributed by atoms with Crippen molar-refractivity contribution < 1.29 is 4.79 Å². The zero-order chi connectivity index (χ0) is 14.2. The van der Waals surface area contributed by atoms with Crippen molar-refractivity contribution in [3.05, 3.63) is 22.7 Å². The second-order valence-electron chi connectivity index (χ2n) is 5.34. The number of rotatable bonds is 3. The molecule has 0 atom stereocenters. The van der Waals surface area contributed by atoms with Crippen LogP contribution in [0.4, 0.5) is 5.69 Å². The van der Waals surface area contributed by atoms with E-state index in [0.717, 1.165) is 22.3 Å². The van der Waals surface area contributed by atoms with Crippen molar-refractivity contribution in [1.29, 1.82) is 0 Å². The number of aromatic nitrogens is 1. The highest BCUT2D eigenvalue weighted by atomic mass is 32.1. The summed E-state index contributed by atoms with van der Waals surface area (Å²) in [6, 6.07) is 3.83. The number of carbonyl (C=O) groups excluding carboxylic acids is 1. The zero-order valence-electron chi connectivity index (χ0n) is 11.7. The number of nitrogen functional groups attached to an aromatic ring is 1. The summed E-state index contributed by atoms with van der Waals surface area (Å²) in [6.45, 7) is 7.96. The van der Waals surface area contributed by atoms with Crippen molar-refractivity contribution >= 4 is 33.1 Å². The van der Waals surface area contributed by atoms with E-state index in [4.69, 9.17) is 5.73 Å². The summed E-state index contributed by atoms with van der Waals surface area (Å²) in [5.74, 6) is -0.120. The number of amides is 1. The molecular weight excluding hydrogens is 258 g/mol. The Balaban J connectivity index is 2.40. The van der Waals surface area contributed by atoms with E-state index in [9.17, 15) is 4.79 Å². The molecule has 0 bridgehead atoms. The molecule has 19 heavy (non-hydrogen) atoms. The summed E-state index contributed by atoms with van der Waals surface area (Å²) in [5, 5.41) is 3.86. The van der Waals surface area contributed by atoms with E-state index in [1.165, 1.54) is 11.3 Å². The minimum absolute atomic E-state index is 0.120. The van der Waals surface area contributed by atoms with Gasteiger partial charge in [-0.1, -0.05) is 6.92 Å². The minimum Gasteiger partial charge on any atom is -0.397 e. The summed E-state index contributed by atoms with van der Waals surface area (Å²) in [7, 11) is 0. The maximum absolute atomic E-state index is 12.3. The Morgan fingerprint density at radius 3 is 2.79 bits per heavy atom. The normalized spacial score (nSPS) is 11.8. The minimum atomic E-state index is -0.233. The Bertz CT molecular complexity index is 631. The SMILES string of the molecule is CCC(C)(C)NC(=O)c1sc2nc(C)ccc2c1N. The van der Waals surface area contributed by atoms with Gasteiger partial charge in [0.25, 0.3) is 5.91 Å². The largest absolute Gasteiger partial charge is 0.397 e. The second kappa shape index (κ2) is 4.81. The molecule has 4 nitrogen and oxygen atoms in total. The summed E-state index contributed by atoms with van der Waals surface area (Å²) >= 11 is 1.35. The van der Waals surface area contributed by atoms with Crippen LogP contribution in [0, 0.1) is 6.92 Å². The molecule has 5 heteroatoms. The van der Waals surface area contributed by atoms with Crippen molar-refractivity contribution in [1.82, 2.24) is 10.3 Å². The molecule has 0 aliphatic carbocycles. The molecule has 0 saturated carbocycles. The van der Waals surface area contributed by atoms with Crippen LogP contribution in [0.2, 0.25) is 0 Å². The summed E-state index contributed by atoms with van der Waals surface area (Å²) in [6.07, 6.45) is 0.862. The topological polar surface area (TPSA) is 68.0 Å². The van der Waals surface area contributed by atoms with Crippen LogP contribution in [0.25, 0.3) is 10.2 Å². The van der Waals surface area contributed by atoms with E-state index in [0.29, 0.717) is 10.6 Å². The highest BCUT2D eigenvalue weighted by Crippen LogP contribution is 2.32. The molecule has 102 valence electrons. The van der Waals surface area contributed by atoms with Gasteiger partial charge in [-0.15, -0.1) is 11.3 Å². The fraction of sp³-hybridized carbons (Fsp3) is 0.429. The Morgan fingerprint density at radius 1 is 1.47 bits per heavy atom. The van der Waals surface area contributed by atoms with Crippen molar-refractivity contribution in [3.63, 3.8) is 0 Å². The fourth-order valence-corrected chi connectivity index (χ4v) is 2.75. The van der Waals surface area contributed by atoms with Gasteiger partial charge in [-0.3, -0.25) is 4.79 Å². The third-order valence-corrected chi connectivity index (χ3v) is 4.39. The van der Waals surface area contributed by atoms with Gasteiger partial charge < -0.3 is 11.1 Å². The molecular formula is C14H19N3OS. The standard InChI is InChI=1S/C14H19N3OS/c1-5-14(3,4)17-12(18)11-10(15)9-7-6-8(2)16-13(9)19-11/h6-7H,5,15H2,1-4H3,(H,17,18). The molecule has 0 fully saturated rings. The molecule has 0 aliphatic rings. The average Bonchev–Trinajstić information content (AvgIpc) is 2.66. The van der Waals surface area contributed by atoms with Crippen LogP contribution in [0.1, 0.15) is 42.6 Å². The number of aryl methyl sites for hydroxylation is 1. The molecule has 0 unspecified atom stereocenters. The van der Waals surface area contributed by atoms with Gasteiger partial charge >= 0.3 is 0 Å². The molecule has 0 radical (unpaired) electrons. The van der Waals surface area contributed by atoms with E-state index in [1.54, 1.807) is 0 Å². The lowest BCUT2D eigenvalue weighted by Crippen LogP contribution is -2.42. The Morgan fingerprint density at radius 2 is 2.16 bits per heavy atom. The van der Waals surface area contributed by atoms with E-state index in [-0.39, 0.29) is 11.4 Å². The number of nitrogens with zero attached hydrogens (tertiary/aromatic N) is 1. The summed E-state index contributed by atoms with van der Waals surface area (Å²) in [5.41, 5.74) is 7.28. The summed E-state index contributed by atoms with van der Waals surface area (Å²) < 4.78 is 0. The van der Waals surface area contributed by atoms with Gasteiger partial charge in [0.05, 0.1) is 5.69 Å². The third-order valence-electron chi connectivity index (χ3n) is 3.28. The fourth-order valence-electron chi connectivity index (χ4n) is 1.71. The number of nitrogens with two attached hydrogens (primary N) is 1. The van der Waals surface area contributed by atoms with E-state index >= 15 is 0 Å². The van der Waals surface area contributed by atoms with Crippen LogP contribution in [0.5, 0.6) is 0 Å². The van der Waals surface area contributed by atoms with Gasteiger partial charge in [-0.05, 0) is 39.3 Å². The van der Waals surface area contributed by atoms with E-state index in [2.05, 4.69) is 10.3 Å². The first-order valence-corrected chi connectivity index (χ1v) is 7.14. The van der Waals surface area contributed by atoms with Crippen LogP contribution in [-0.2, 0) is 0 Å². The smallest absolute Gasteiger partial charge is 0.263 e. The number of hydrogen-bond acceptors (Lipinski definition) is 4. The molecule has 1 amide bonds. The number of fused-ring (bicyclic) bond motifs is 1. The Labute approximate surface area is 117 Å². The van der Waals surface area contributed by atoms with Gasteiger partial charge in [-0.25, -0.2) is 4.98 Å². The highest BCUT2D eigenvalue weighted by Gasteiger charge is 2.23. The van der Waals surface area contributed by atoms with Gasteiger partial charge in [0.1, 0.15) is 9.71 Å². The monoisotopic (exact) mass is 277 g/mol. The van der Waals surface area contributed by atoms with Crippen LogP contribution in [0.3, 0.4) is 0 Å². The number of carbonyl (C=O) groups is 1. The lowest BCUT2D eigenvalue weighted by atomic mass is 10.0. The maximum atomic E-state index is 12.3. The van der Waals surface area contributed by atoms with E-state index < -0.39 is 0 Å². The number of thiophene rings is 1. The third kappa shape index (κ3) is 2.71. The first-order chi connectivity index (χ1) is 8.84. The van der Waals surface area contributed by atoms with Gasteiger partial charge in [-0.2, -0.15) is 0 Å². The molecule has 0 saturated heterocycles. The number of nitrogens with one attached hydrogen (secondary N) is 1. The first kappa shape index (κ1) is 13.8. The molecule has 2 aromatic rings. The molecule has 3 N–H and O–H groups in total. The molecule has 0 aliphatic heterocycles. The van der Waals surface area contributed by atoms with Crippen molar-refractivity contribution in [3.8, 4) is 0 Å². The summed E-state index contributed by atoms with van der Waals surface area (Å²) in [4.78, 5) is 18.1. The van der Waals surface area contributed by atoms with Gasteiger partial charge in [0.2, 0.25) is 0 Å². The van der Waals surface area contributed by atoms with Gasteiger partial charge in [0, 0.05) is 16.6 Å². The maximum Gasteiger partial charge on any atom is 0.263 e. The van der Waals surface area contributed by atoms with Gasteiger partial charge in [0.15, 0.2) is 0 Å². The predicted molar refractivity (Wildman–Crippen MR) is 80.6 cm³/mol. The molecule has 2 aromatic heterocycles. The lowest BCUT2D eigenvalue weighted by molar-refractivity contribution is 0.0916. The zero-order valence-corrected chi connectivity index (χ0v) is 12.5. The quantitative estimate of drug-likeness (QED) is 0.905. The highest BCUT2D eigenvalue weighted by molar-refractivity contribution is 7.21. The lowest BCUT2D eigenvalue weighted by Gasteiger charge is -2.24. The predicted octanol–water partition coefficient (Wildman–Crippen LogP) is 3.11. The van der Waals surface area contributed by atoms with Crippen molar-refractivity contribution in [2.75, 3.05) is 5.73 Å². The first-order valence-electron chi connectivity index (χ1n) is 6.32. The number of anilines is 1. The number of hydrogen-bond donors (Lipinski definition) is 2. The molecule has 2 rings (SSSR count). The molecule has 0 spiro atoms. The second-order valence-corrected chi connectivity index (χ2v) is 6.34. The Hall–Kier alpha value is -1.62. The Kier molecular flexibility index (Phi) is 3.49. The van der Waals surface area contributed by atoms with Crippen LogP contribution < -0.4 is 11.1 Å².